The number of hydrogen-bond acceptors (Lipinski definition) is 2. The first-order valence-electron chi connectivity index (χ1n) is 6.48. The number of unbranched alkanes of at least 4 members (excludes halogenated alkanes) is 6. The van der Waals surface area contributed by atoms with E-state index in [9.17, 15) is 9.59 Å². The van der Waals surface area contributed by atoms with Crippen LogP contribution >= 0.6 is 0 Å². The molecule has 0 saturated heterocycles. The molecule has 0 radical (unpaired) electrons. The molecule has 2 N–H and O–H groups in total. The molecule has 0 saturated carbocycles. The zero-order chi connectivity index (χ0) is 13.5. The van der Waals surface area contributed by atoms with Crippen molar-refractivity contribution in [2.24, 2.45) is 0 Å². The van der Waals surface area contributed by atoms with Crippen LogP contribution in [0, 0.1) is 0 Å². The monoisotopic (exact) mass is 262 g/mol. The fourth-order valence-corrected chi connectivity index (χ4v) is 1.34. The minimum absolute atomic E-state index is 0. The van der Waals surface area contributed by atoms with E-state index < -0.39 is 18.4 Å². The van der Waals surface area contributed by atoms with Crippen molar-refractivity contribution < 1.29 is 19.8 Å². The summed E-state index contributed by atoms with van der Waals surface area (Å²) in [6, 6.07) is 0. The average molecular weight is 262 g/mol. The van der Waals surface area contributed by atoms with Gasteiger partial charge in [0.15, 0.2) is 0 Å². The van der Waals surface area contributed by atoms with Crippen LogP contribution in [0.2, 0.25) is 5.09 Å². The molecule has 0 spiro atoms. The predicted molar refractivity (Wildman–Crippen MR) is 75.6 cm³/mol. The van der Waals surface area contributed by atoms with Gasteiger partial charge in [-0.3, -0.25) is 9.59 Å². The van der Waals surface area contributed by atoms with E-state index in [1.807, 2.05) is 0 Å². The Morgan fingerprint density at radius 1 is 0.889 bits per heavy atom. The molecule has 4 nitrogen and oxygen atoms in total. The summed E-state index contributed by atoms with van der Waals surface area (Å²) in [7, 11) is 0. The van der Waals surface area contributed by atoms with Crippen LogP contribution in [0.5, 0.6) is 0 Å². The summed E-state index contributed by atoms with van der Waals surface area (Å²) in [4.78, 5) is 18.9. The van der Waals surface area contributed by atoms with E-state index in [-0.39, 0.29) is 29.6 Å². The number of carboxylic acid groups (broad SMARTS) is 2. The first kappa shape index (κ1) is 23.6. The van der Waals surface area contributed by atoms with Gasteiger partial charge < -0.3 is 10.2 Å². The Labute approximate surface area is 141 Å². The molecule has 0 fully saturated rings. The summed E-state index contributed by atoms with van der Waals surface area (Å²) in [6.07, 6.45) is 9.29. The van der Waals surface area contributed by atoms with Crippen molar-refractivity contribution in [2.75, 3.05) is 0 Å². The van der Waals surface area contributed by atoms with Gasteiger partial charge in [-0.15, -0.1) is 0 Å². The molecular weight excluding hydrogens is 238 g/mol. The van der Waals surface area contributed by atoms with Gasteiger partial charge in [-0.1, -0.05) is 0 Å². The van der Waals surface area contributed by atoms with Crippen LogP contribution in [-0.4, -0.2) is 69.4 Å². The average Bonchev–Trinajstić information content (AvgIpc) is 2.22. The predicted octanol–water partition coefficient (Wildman–Crippen LogP) is 2.22. The van der Waals surface area contributed by atoms with Gasteiger partial charge in [0, 0.05) is 0 Å². The van der Waals surface area contributed by atoms with Crippen LogP contribution in [0.3, 0.4) is 0 Å². The van der Waals surface area contributed by atoms with Crippen LogP contribution in [0.1, 0.15) is 58.3 Å². The van der Waals surface area contributed by atoms with Crippen LogP contribution in [0.4, 0.5) is 0 Å². The van der Waals surface area contributed by atoms with Gasteiger partial charge in [-0.25, -0.2) is 0 Å². The first-order chi connectivity index (χ1) is 8.04. The third kappa shape index (κ3) is 30.0. The van der Waals surface area contributed by atoms with E-state index in [4.69, 9.17) is 10.2 Å². The third-order valence-electron chi connectivity index (χ3n) is 2.26. The summed E-state index contributed by atoms with van der Waals surface area (Å²) < 4.78 is 0. The SMILES string of the molecule is O=C(O)CC(=O)O.[Li][CH2]CCCCCCCC.[NaH]. The number of rotatable bonds is 9. The van der Waals surface area contributed by atoms with Crippen molar-refractivity contribution >= 4 is 59.2 Å². The van der Waals surface area contributed by atoms with Gasteiger partial charge in [0.05, 0.1) is 0 Å². The summed E-state index contributed by atoms with van der Waals surface area (Å²) in [5.74, 6) is -2.62. The van der Waals surface area contributed by atoms with E-state index in [1.165, 1.54) is 50.0 Å². The molecule has 0 amide bonds. The topological polar surface area (TPSA) is 74.6 Å². The maximum absolute atomic E-state index is 9.43. The van der Waals surface area contributed by atoms with Gasteiger partial charge in [0.2, 0.25) is 0 Å². The molecule has 0 aromatic heterocycles. The number of aliphatic carboxylic acids is 2. The van der Waals surface area contributed by atoms with E-state index >= 15 is 0 Å². The van der Waals surface area contributed by atoms with Crippen LogP contribution in [0.25, 0.3) is 0 Å². The number of carboxylic acids is 2. The van der Waals surface area contributed by atoms with Gasteiger partial charge in [0.1, 0.15) is 6.42 Å². The molecule has 0 aliphatic heterocycles. The quantitative estimate of drug-likeness (QED) is 0.379. The summed E-state index contributed by atoms with van der Waals surface area (Å²) in [5.41, 5.74) is 0. The molecule has 0 unspecified atom stereocenters. The van der Waals surface area contributed by atoms with Gasteiger partial charge in [-0.2, -0.15) is 0 Å². The molecular formula is C12H24LiNaO4. The van der Waals surface area contributed by atoms with E-state index in [0.717, 1.165) is 0 Å². The first-order valence-corrected chi connectivity index (χ1v) is 6.48. The van der Waals surface area contributed by atoms with Crippen molar-refractivity contribution in [3.63, 3.8) is 0 Å². The number of hydrogen-bond donors (Lipinski definition) is 2. The second-order valence-corrected chi connectivity index (χ2v) is 4.09. The van der Waals surface area contributed by atoms with Crippen LogP contribution in [-0.2, 0) is 9.59 Å². The van der Waals surface area contributed by atoms with Crippen molar-refractivity contribution in [1.82, 2.24) is 0 Å². The fraction of sp³-hybridized carbons (Fsp3) is 0.833. The molecule has 0 aromatic rings. The molecule has 0 aliphatic carbocycles. The Balaban J connectivity index is -0.000000251. The zero-order valence-electron chi connectivity index (χ0n) is 11.1. The normalized spacial score (nSPS) is 8.83. The Morgan fingerprint density at radius 2 is 1.28 bits per heavy atom. The number of carbonyl (C=O) groups is 2. The Bertz CT molecular complexity index is 181. The second-order valence-electron chi connectivity index (χ2n) is 4.09. The summed E-state index contributed by atoms with van der Waals surface area (Å²) >= 11 is 2.27. The second kappa shape index (κ2) is 19.9. The van der Waals surface area contributed by atoms with E-state index in [2.05, 4.69) is 24.6 Å². The molecule has 0 bridgehead atoms. The molecule has 0 heterocycles. The van der Waals surface area contributed by atoms with Gasteiger partial charge >= 0.3 is 116 Å². The molecule has 0 aliphatic rings. The van der Waals surface area contributed by atoms with Crippen LogP contribution in [0.15, 0.2) is 0 Å². The molecule has 6 heteroatoms. The Morgan fingerprint density at radius 3 is 1.56 bits per heavy atom. The van der Waals surface area contributed by atoms with Crippen molar-refractivity contribution in [2.45, 2.75) is 63.4 Å². The van der Waals surface area contributed by atoms with Crippen molar-refractivity contribution in [3.05, 3.63) is 0 Å². The zero-order valence-corrected chi connectivity index (χ0v) is 11.1. The summed E-state index contributed by atoms with van der Waals surface area (Å²) in [5, 5.41) is 16.8. The third-order valence-corrected chi connectivity index (χ3v) is 2.26. The molecule has 0 aromatic carbocycles. The minimum atomic E-state index is -1.31. The standard InChI is InChI=1S/C9H19.C3H4O4.Li.Na.H/c1-3-5-7-9-8-6-4-2;4-2(5)1-3(6)7;;;/h1,3-9H2,2H3;1H2,(H,4,5)(H,6,7);;;. The fourth-order valence-electron chi connectivity index (χ4n) is 1.34. The Kier molecular flexibility index (Phi) is 26.1. The summed E-state index contributed by atoms with van der Waals surface area (Å²) in [6.45, 7) is 2.27. The molecule has 0 atom stereocenters. The van der Waals surface area contributed by atoms with Crippen molar-refractivity contribution in [1.29, 1.82) is 0 Å². The molecule has 98 valence electrons. The van der Waals surface area contributed by atoms with Crippen molar-refractivity contribution in [3.8, 4) is 0 Å². The van der Waals surface area contributed by atoms with Gasteiger partial charge in [0.25, 0.3) is 0 Å². The molecule has 18 heavy (non-hydrogen) atoms. The van der Waals surface area contributed by atoms with E-state index in [1.54, 1.807) is 0 Å². The van der Waals surface area contributed by atoms with Gasteiger partial charge in [-0.05, 0) is 0 Å². The Hall–Kier alpha value is 0.537. The molecule has 0 rings (SSSR count). The van der Waals surface area contributed by atoms with E-state index in [0.29, 0.717) is 0 Å². The van der Waals surface area contributed by atoms with Crippen LogP contribution < -0.4 is 0 Å². The maximum atomic E-state index is 9.43.